The van der Waals surface area contributed by atoms with Gasteiger partial charge in [-0.1, -0.05) is 0 Å². The minimum Gasteiger partial charge on any atom is -0.394 e. The third kappa shape index (κ3) is 7.57. The Hall–Kier alpha value is 0.180. The number of hydrogen-bond acceptors (Lipinski definition) is 6. The van der Waals surface area contributed by atoms with Crippen LogP contribution in [0.4, 0.5) is 0 Å². The highest BCUT2D eigenvalue weighted by Crippen LogP contribution is 2.57. The zero-order valence-corrected chi connectivity index (χ0v) is 8.54. The van der Waals surface area contributed by atoms with Crippen LogP contribution in [-0.2, 0) is 18.0 Å². The van der Waals surface area contributed by atoms with Crippen LogP contribution in [0.1, 0.15) is 0 Å². The summed E-state index contributed by atoms with van der Waals surface area (Å²) >= 11 is 0. The molecule has 0 saturated heterocycles. The first-order valence-corrected chi connectivity index (χ1v) is 6.22. The zero-order valence-electron chi connectivity index (χ0n) is 6.76. The Balaban J connectivity index is 4.09. The fourth-order valence-corrected chi connectivity index (χ4v) is 2.02. The van der Waals surface area contributed by atoms with Crippen molar-refractivity contribution in [3.8, 4) is 0 Å². The van der Waals surface area contributed by atoms with E-state index < -0.39 is 35.0 Å². The van der Waals surface area contributed by atoms with Gasteiger partial charge in [-0.25, -0.2) is 9.13 Å². The smallest absolute Gasteiger partial charge is 0.394 e. The van der Waals surface area contributed by atoms with Crippen LogP contribution >= 0.6 is 15.6 Å². The van der Waals surface area contributed by atoms with Crippen LogP contribution in [0.15, 0.2) is 0 Å². The van der Waals surface area contributed by atoms with E-state index >= 15 is 0 Å². The summed E-state index contributed by atoms with van der Waals surface area (Å²) in [5, 5.41) is 16.9. The maximum Gasteiger partial charge on any atom is 0.481 e. The van der Waals surface area contributed by atoms with Crippen LogP contribution in [0.3, 0.4) is 0 Å². The fourth-order valence-electron chi connectivity index (χ4n) is 0.391. The number of aliphatic hydroxyl groups excluding tert-OH is 2. The van der Waals surface area contributed by atoms with Crippen molar-refractivity contribution in [1.29, 1.82) is 0 Å². The van der Waals surface area contributed by atoms with E-state index in [4.69, 9.17) is 24.9 Å². The molecule has 11 heteroatoms. The largest absolute Gasteiger partial charge is 0.481 e. The zero-order chi connectivity index (χ0) is 11.4. The molecule has 0 aliphatic carbocycles. The second-order valence-electron chi connectivity index (χ2n) is 2.17. The summed E-state index contributed by atoms with van der Waals surface area (Å²) in [6, 6.07) is 0. The number of rotatable bonds is 6. The molecule has 14 heavy (non-hydrogen) atoms. The lowest BCUT2D eigenvalue weighted by Gasteiger charge is -2.13. The maximum absolute atomic E-state index is 10.7. The maximum atomic E-state index is 10.7. The predicted octanol–water partition coefficient (Wildman–Crippen LogP) is -1.43. The van der Waals surface area contributed by atoms with Gasteiger partial charge in [-0.05, 0) is 0 Å². The molecule has 0 fully saturated rings. The summed E-state index contributed by atoms with van der Waals surface area (Å²) in [5.74, 6) is 0. The van der Waals surface area contributed by atoms with Gasteiger partial charge in [0.25, 0.3) is 0 Å². The summed E-state index contributed by atoms with van der Waals surface area (Å²) in [6.07, 6.45) is -1.43. The predicted molar refractivity (Wildman–Crippen MR) is 42.0 cm³/mol. The van der Waals surface area contributed by atoms with Crippen molar-refractivity contribution in [3.63, 3.8) is 0 Å². The Morgan fingerprint density at radius 1 is 1.21 bits per heavy atom. The van der Waals surface area contributed by atoms with Crippen LogP contribution in [0.2, 0.25) is 0 Å². The fraction of sp³-hybridized carbons (Fsp3) is 1.00. The Labute approximate surface area is 78.8 Å². The van der Waals surface area contributed by atoms with Gasteiger partial charge in [-0.15, -0.1) is 0 Å². The van der Waals surface area contributed by atoms with Crippen molar-refractivity contribution in [2.75, 3.05) is 13.2 Å². The molecule has 0 spiro atoms. The van der Waals surface area contributed by atoms with Crippen LogP contribution in [0, 0.1) is 0 Å². The van der Waals surface area contributed by atoms with E-state index in [0.717, 1.165) is 0 Å². The molecule has 0 aliphatic rings. The highest BCUT2D eigenvalue weighted by atomic mass is 31.3. The van der Waals surface area contributed by atoms with E-state index in [1.165, 1.54) is 0 Å². The normalized spacial score (nSPS) is 18.9. The molecule has 0 aromatic heterocycles. The Kier molecular flexibility index (Phi) is 5.38. The summed E-state index contributed by atoms with van der Waals surface area (Å²) in [5.41, 5.74) is 0. The van der Waals surface area contributed by atoms with Gasteiger partial charge in [-0.3, -0.25) is 4.52 Å². The Morgan fingerprint density at radius 3 is 2.07 bits per heavy atom. The third-order valence-corrected chi connectivity index (χ3v) is 3.00. The van der Waals surface area contributed by atoms with Gasteiger partial charge in [0.05, 0.1) is 13.2 Å². The number of phosphoric ester groups is 1. The van der Waals surface area contributed by atoms with Crippen molar-refractivity contribution in [2.24, 2.45) is 0 Å². The van der Waals surface area contributed by atoms with Gasteiger partial charge in [0.15, 0.2) is 0 Å². The Morgan fingerprint density at radius 2 is 1.71 bits per heavy atom. The molecule has 86 valence electrons. The lowest BCUT2D eigenvalue weighted by Crippen LogP contribution is -2.18. The number of aliphatic hydroxyl groups is 2. The van der Waals surface area contributed by atoms with Crippen LogP contribution in [-0.4, -0.2) is 44.2 Å². The third-order valence-electron chi connectivity index (χ3n) is 0.850. The van der Waals surface area contributed by atoms with Crippen molar-refractivity contribution in [1.82, 2.24) is 0 Å². The molecular weight excluding hydrogens is 242 g/mol. The summed E-state index contributed by atoms with van der Waals surface area (Å²) in [7, 11) is -10.1. The van der Waals surface area contributed by atoms with Crippen molar-refractivity contribution in [2.45, 2.75) is 6.10 Å². The van der Waals surface area contributed by atoms with E-state index in [1.807, 2.05) is 0 Å². The topological polar surface area (TPSA) is 154 Å². The molecule has 0 radical (unpaired) electrons. The van der Waals surface area contributed by atoms with Gasteiger partial charge in [0, 0.05) is 0 Å². The molecule has 9 nitrogen and oxygen atoms in total. The first kappa shape index (κ1) is 14.2. The molecule has 0 rings (SSSR count). The van der Waals surface area contributed by atoms with E-state index in [-0.39, 0.29) is 0 Å². The molecule has 1 unspecified atom stereocenters. The number of phosphoric acid groups is 2. The summed E-state index contributed by atoms with van der Waals surface area (Å²) < 4.78 is 28.1. The molecule has 2 atom stereocenters. The van der Waals surface area contributed by atoms with Gasteiger partial charge >= 0.3 is 15.6 Å². The first-order chi connectivity index (χ1) is 6.16. The summed E-state index contributed by atoms with van der Waals surface area (Å²) in [4.78, 5) is 24.9. The summed E-state index contributed by atoms with van der Waals surface area (Å²) in [6.45, 7) is -1.51. The van der Waals surface area contributed by atoms with Crippen LogP contribution in [0.5, 0.6) is 0 Å². The molecule has 5 N–H and O–H groups in total. The van der Waals surface area contributed by atoms with E-state index in [9.17, 15) is 9.13 Å². The quantitative estimate of drug-likeness (QED) is 0.357. The highest BCUT2D eigenvalue weighted by molar-refractivity contribution is 7.60. The van der Waals surface area contributed by atoms with Gasteiger partial charge < -0.3 is 24.9 Å². The van der Waals surface area contributed by atoms with Crippen LogP contribution < -0.4 is 0 Å². The second kappa shape index (κ2) is 5.32. The van der Waals surface area contributed by atoms with Crippen LogP contribution in [0.25, 0.3) is 0 Å². The monoisotopic (exact) mass is 252 g/mol. The van der Waals surface area contributed by atoms with E-state index in [1.54, 1.807) is 0 Å². The van der Waals surface area contributed by atoms with Gasteiger partial charge in [0.1, 0.15) is 6.10 Å². The highest BCUT2D eigenvalue weighted by Gasteiger charge is 2.32. The minimum atomic E-state index is -5.14. The molecular formula is C3H10O9P2. The minimum absolute atomic E-state index is 0.726. The van der Waals surface area contributed by atoms with Crippen molar-refractivity contribution in [3.05, 3.63) is 0 Å². The molecule has 0 heterocycles. The average molecular weight is 252 g/mol. The Bertz CT molecular complexity index is 257. The lowest BCUT2D eigenvalue weighted by atomic mass is 10.4. The SMILES string of the molecule is O=P(O)(O)OP(=O)(O)OC[C@@H](O)CO. The molecule has 0 amide bonds. The molecule has 0 saturated carbocycles. The van der Waals surface area contributed by atoms with Gasteiger partial charge in [0.2, 0.25) is 0 Å². The molecule has 0 aliphatic heterocycles. The standard InChI is InChI=1S/C3H10O9P2/c4-1-3(5)2-11-14(9,10)12-13(6,7)8/h3-5H,1-2H2,(H,9,10)(H2,6,7,8)/t3-/m0/s1. The second-order valence-corrected chi connectivity index (χ2v) is 5.00. The lowest BCUT2D eigenvalue weighted by molar-refractivity contribution is 0.0416. The first-order valence-electron chi connectivity index (χ1n) is 3.19. The number of hydrogen-bond donors (Lipinski definition) is 5. The van der Waals surface area contributed by atoms with Crippen molar-refractivity contribution < 1.29 is 42.9 Å². The van der Waals surface area contributed by atoms with E-state index in [0.29, 0.717) is 0 Å². The molecule has 0 aromatic carbocycles. The van der Waals surface area contributed by atoms with E-state index in [2.05, 4.69) is 8.83 Å². The molecule has 0 aromatic rings. The van der Waals surface area contributed by atoms with Gasteiger partial charge in [-0.2, -0.15) is 4.31 Å². The molecule has 0 bridgehead atoms. The van der Waals surface area contributed by atoms with Crippen molar-refractivity contribution >= 4 is 15.6 Å². The average Bonchev–Trinajstić information content (AvgIpc) is 1.96.